The molecule has 2 aliphatic heterocycles. The highest BCUT2D eigenvalue weighted by Crippen LogP contribution is 2.45. The number of nitrogens with zero attached hydrogens (tertiary/aromatic N) is 4. The summed E-state index contributed by atoms with van der Waals surface area (Å²) in [5, 5.41) is 7.74. The second-order valence-electron chi connectivity index (χ2n) is 7.82. The van der Waals surface area contributed by atoms with Crippen molar-refractivity contribution in [3.8, 4) is 0 Å². The molecular weight excluding hydrogens is 409 g/mol. The zero-order chi connectivity index (χ0) is 16.6. The van der Waals surface area contributed by atoms with Crippen molar-refractivity contribution in [3.05, 3.63) is 18.0 Å². The first-order valence-electron chi connectivity index (χ1n) is 9.37. The Kier molecular flexibility index (Phi) is 9.35. The van der Waals surface area contributed by atoms with E-state index in [0.29, 0.717) is 11.8 Å². The maximum Gasteiger partial charge on any atom is 0.230 e. The first-order valence-corrected chi connectivity index (χ1v) is 9.37. The fourth-order valence-corrected chi connectivity index (χ4v) is 4.90. The summed E-state index contributed by atoms with van der Waals surface area (Å²) in [6, 6.07) is 0. The molecule has 3 fully saturated rings. The van der Waals surface area contributed by atoms with Crippen LogP contribution in [-0.2, 0) is 18.4 Å². The quantitative estimate of drug-likeness (QED) is 0.782. The Balaban J connectivity index is 0.00000121. The largest absolute Gasteiger partial charge is 0.340 e. The molecule has 1 aromatic heterocycles. The summed E-state index contributed by atoms with van der Waals surface area (Å²) < 4.78 is 1.85. The van der Waals surface area contributed by atoms with Crippen molar-refractivity contribution in [3.63, 3.8) is 0 Å². The van der Waals surface area contributed by atoms with Gasteiger partial charge in [0.1, 0.15) is 0 Å². The molecule has 2 saturated heterocycles. The van der Waals surface area contributed by atoms with Crippen molar-refractivity contribution in [2.45, 2.75) is 32.2 Å². The molecule has 27 heavy (non-hydrogen) atoms. The molecule has 1 N–H and O–H groups in total. The number of fused-ring (bicyclic) bond motifs is 1. The van der Waals surface area contributed by atoms with Crippen molar-refractivity contribution in [2.75, 3.05) is 39.3 Å². The molecule has 3 heterocycles. The van der Waals surface area contributed by atoms with E-state index in [1.807, 2.05) is 17.9 Å². The molecule has 3 aliphatic rings. The Labute approximate surface area is 180 Å². The van der Waals surface area contributed by atoms with Gasteiger partial charge in [-0.05, 0) is 25.3 Å². The number of hydrogen-bond donors (Lipinski definition) is 1. The molecule has 0 bridgehead atoms. The SMILES string of the molecule is Cl.Cl.Cl.Cn1cc(CN2CCN(C(=O)[C@@]34CCCC[C@H]3CNC4)CC2)cn1. The Morgan fingerprint density at radius 2 is 1.96 bits per heavy atom. The Bertz CT molecular complexity index is 606. The van der Waals surface area contributed by atoms with Crippen LogP contribution in [0.5, 0.6) is 0 Å². The minimum absolute atomic E-state index is 0. The van der Waals surface area contributed by atoms with Gasteiger partial charge in [-0.2, -0.15) is 5.10 Å². The predicted molar refractivity (Wildman–Crippen MR) is 114 cm³/mol. The van der Waals surface area contributed by atoms with Crippen LogP contribution in [0.4, 0.5) is 0 Å². The third kappa shape index (κ3) is 4.91. The average Bonchev–Trinajstić information content (AvgIpc) is 3.21. The van der Waals surface area contributed by atoms with Crippen LogP contribution in [0, 0.1) is 11.3 Å². The van der Waals surface area contributed by atoms with Crippen molar-refractivity contribution in [1.29, 1.82) is 0 Å². The summed E-state index contributed by atoms with van der Waals surface area (Å²) in [4.78, 5) is 17.9. The summed E-state index contributed by atoms with van der Waals surface area (Å²) in [5.41, 5.74) is 1.16. The van der Waals surface area contributed by atoms with Crippen LogP contribution in [0.3, 0.4) is 0 Å². The molecule has 0 unspecified atom stereocenters. The summed E-state index contributed by atoms with van der Waals surface area (Å²) in [6.07, 6.45) is 8.82. The summed E-state index contributed by atoms with van der Waals surface area (Å²) in [6.45, 7) is 6.54. The zero-order valence-corrected chi connectivity index (χ0v) is 18.4. The molecule has 0 radical (unpaired) electrons. The van der Waals surface area contributed by atoms with E-state index in [9.17, 15) is 4.79 Å². The van der Waals surface area contributed by atoms with Crippen LogP contribution in [-0.4, -0.2) is 64.8 Å². The monoisotopic (exact) mass is 439 g/mol. The van der Waals surface area contributed by atoms with E-state index in [4.69, 9.17) is 0 Å². The lowest BCUT2D eigenvalue weighted by Crippen LogP contribution is -2.55. The van der Waals surface area contributed by atoms with E-state index in [1.165, 1.54) is 24.8 Å². The predicted octanol–water partition coefficient (Wildman–Crippen LogP) is 2.11. The molecule has 1 aliphatic carbocycles. The van der Waals surface area contributed by atoms with E-state index in [2.05, 4.69) is 26.4 Å². The van der Waals surface area contributed by atoms with Gasteiger partial charge in [0.05, 0.1) is 11.6 Å². The van der Waals surface area contributed by atoms with Gasteiger partial charge in [0.25, 0.3) is 0 Å². The maximum atomic E-state index is 13.3. The van der Waals surface area contributed by atoms with Gasteiger partial charge in [-0.15, -0.1) is 37.2 Å². The molecule has 6 nitrogen and oxygen atoms in total. The second-order valence-corrected chi connectivity index (χ2v) is 7.82. The van der Waals surface area contributed by atoms with Gasteiger partial charge in [0.2, 0.25) is 5.91 Å². The molecule has 1 aromatic rings. The van der Waals surface area contributed by atoms with Crippen molar-refractivity contribution in [1.82, 2.24) is 24.9 Å². The fourth-order valence-electron chi connectivity index (χ4n) is 4.90. The number of amides is 1. The van der Waals surface area contributed by atoms with Gasteiger partial charge in [0, 0.05) is 58.1 Å². The van der Waals surface area contributed by atoms with Crippen LogP contribution in [0.15, 0.2) is 12.4 Å². The molecule has 0 spiro atoms. The number of nitrogens with one attached hydrogen (secondary N) is 1. The molecule has 1 saturated carbocycles. The van der Waals surface area contributed by atoms with Crippen LogP contribution < -0.4 is 5.32 Å². The summed E-state index contributed by atoms with van der Waals surface area (Å²) in [7, 11) is 1.95. The average molecular weight is 441 g/mol. The van der Waals surface area contributed by atoms with Crippen molar-refractivity contribution in [2.24, 2.45) is 18.4 Å². The molecule has 0 aromatic carbocycles. The smallest absolute Gasteiger partial charge is 0.230 e. The molecular formula is C18H32Cl3N5O. The van der Waals surface area contributed by atoms with E-state index < -0.39 is 0 Å². The minimum Gasteiger partial charge on any atom is -0.340 e. The highest BCUT2D eigenvalue weighted by atomic mass is 35.5. The first-order chi connectivity index (χ1) is 11.7. The zero-order valence-electron chi connectivity index (χ0n) is 15.9. The van der Waals surface area contributed by atoms with E-state index in [-0.39, 0.29) is 42.6 Å². The maximum absolute atomic E-state index is 13.3. The van der Waals surface area contributed by atoms with E-state index >= 15 is 0 Å². The fraction of sp³-hybridized carbons (Fsp3) is 0.778. The molecule has 2 atom stereocenters. The Hall–Kier alpha value is -0.530. The van der Waals surface area contributed by atoms with Crippen LogP contribution in [0.1, 0.15) is 31.2 Å². The third-order valence-electron chi connectivity index (χ3n) is 6.29. The molecule has 4 rings (SSSR count). The van der Waals surface area contributed by atoms with Gasteiger partial charge in [-0.1, -0.05) is 12.8 Å². The number of halogens is 3. The van der Waals surface area contributed by atoms with Crippen LogP contribution in [0.2, 0.25) is 0 Å². The van der Waals surface area contributed by atoms with Crippen LogP contribution in [0.25, 0.3) is 0 Å². The van der Waals surface area contributed by atoms with Gasteiger partial charge >= 0.3 is 0 Å². The van der Waals surface area contributed by atoms with Gasteiger partial charge in [-0.25, -0.2) is 0 Å². The standard InChI is InChI=1S/C18H29N5O.3ClH/c1-21-12-15(10-20-21)13-22-6-8-23(9-7-22)17(24)18-5-3-2-4-16(18)11-19-14-18;;;/h10,12,16,19H,2-9,11,13-14H2,1H3;3*1H/t16-,18+;;;/m0.../s1. The number of hydrogen-bond acceptors (Lipinski definition) is 4. The Morgan fingerprint density at radius 1 is 1.22 bits per heavy atom. The molecule has 1 amide bonds. The molecule has 156 valence electrons. The lowest BCUT2D eigenvalue weighted by Gasteiger charge is -2.43. The topological polar surface area (TPSA) is 53.4 Å². The van der Waals surface area contributed by atoms with Gasteiger partial charge < -0.3 is 10.2 Å². The van der Waals surface area contributed by atoms with Crippen LogP contribution >= 0.6 is 37.2 Å². The van der Waals surface area contributed by atoms with Crippen molar-refractivity contribution < 1.29 is 4.79 Å². The highest BCUT2D eigenvalue weighted by Gasteiger charge is 2.51. The highest BCUT2D eigenvalue weighted by molar-refractivity contribution is 5.86. The third-order valence-corrected chi connectivity index (χ3v) is 6.29. The number of aromatic nitrogens is 2. The number of rotatable bonds is 3. The van der Waals surface area contributed by atoms with E-state index in [0.717, 1.165) is 52.2 Å². The Morgan fingerprint density at radius 3 is 2.63 bits per heavy atom. The number of carbonyl (C=O) groups excluding carboxylic acids is 1. The number of aryl methyl sites for hydroxylation is 1. The second kappa shape index (κ2) is 10.3. The number of carbonyl (C=O) groups is 1. The molecule has 9 heteroatoms. The van der Waals surface area contributed by atoms with E-state index in [1.54, 1.807) is 0 Å². The summed E-state index contributed by atoms with van der Waals surface area (Å²) in [5.74, 6) is 0.991. The number of piperazine rings is 1. The minimum atomic E-state index is -0.0935. The van der Waals surface area contributed by atoms with Gasteiger partial charge in [0.15, 0.2) is 0 Å². The lowest BCUT2D eigenvalue weighted by atomic mass is 9.67. The first kappa shape index (κ1) is 24.5. The summed E-state index contributed by atoms with van der Waals surface area (Å²) >= 11 is 0. The normalized spacial score (nSPS) is 27.7. The lowest BCUT2D eigenvalue weighted by molar-refractivity contribution is -0.147. The van der Waals surface area contributed by atoms with Gasteiger partial charge in [-0.3, -0.25) is 14.4 Å². The van der Waals surface area contributed by atoms with Crippen molar-refractivity contribution >= 4 is 43.1 Å².